The number of non-ortho nitro benzene ring substituents is 1. The van der Waals surface area contributed by atoms with E-state index < -0.39 is 32.9 Å². The van der Waals surface area contributed by atoms with E-state index in [9.17, 15) is 28.1 Å². The summed E-state index contributed by atoms with van der Waals surface area (Å²) >= 11 is 1.10. The Balaban J connectivity index is 1.63. The Hall–Kier alpha value is -3.68. The van der Waals surface area contributed by atoms with Crippen LogP contribution in [0.2, 0.25) is 0 Å². The van der Waals surface area contributed by atoms with Crippen LogP contribution < -0.4 is 10.5 Å². The molecule has 3 rings (SSSR count). The van der Waals surface area contributed by atoms with Crippen molar-refractivity contribution >= 4 is 44.1 Å². The number of nitro groups is 1. The number of amides is 1. The van der Waals surface area contributed by atoms with E-state index in [1.54, 1.807) is 11.4 Å². The smallest absolute Gasteiger partial charge is 0.338 e. The number of ether oxygens (including phenoxy) is 1. The molecule has 13 heteroatoms. The maximum absolute atomic E-state index is 12.3. The number of sulfonamides is 1. The number of primary sulfonamides is 1. The lowest BCUT2D eigenvalue weighted by atomic mass is 10.1. The van der Waals surface area contributed by atoms with E-state index in [2.05, 4.69) is 10.3 Å². The minimum atomic E-state index is -3.90. The molecule has 0 fully saturated rings. The second kappa shape index (κ2) is 9.21. The topological polar surface area (TPSA) is 172 Å². The van der Waals surface area contributed by atoms with Crippen molar-refractivity contribution in [3.63, 3.8) is 0 Å². The molecule has 0 aliphatic carbocycles. The van der Waals surface area contributed by atoms with E-state index in [-0.39, 0.29) is 21.3 Å². The zero-order valence-electron chi connectivity index (χ0n) is 16.4. The van der Waals surface area contributed by atoms with E-state index in [1.165, 1.54) is 37.3 Å². The van der Waals surface area contributed by atoms with Crippen LogP contribution in [0.15, 0.2) is 58.8 Å². The number of aromatic nitrogens is 1. The van der Waals surface area contributed by atoms with Gasteiger partial charge >= 0.3 is 5.97 Å². The molecular weight excluding hydrogens is 460 g/mol. The van der Waals surface area contributed by atoms with Gasteiger partial charge in [-0.3, -0.25) is 20.2 Å². The summed E-state index contributed by atoms with van der Waals surface area (Å²) in [5.74, 6) is -1.47. The van der Waals surface area contributed by atoms with Gasteiger partial charge in [0.25, 0.3) is 11.6 Å². The fourth-order valence-corrected chi connectivity index (χ4v) is 3.75. The number of hydrogen-bond acceptors (Lipinski definition) is 9. The van der Waals surface area contributed by atoms with Crippen LogP contribution >= 0.6 is 11.3 Å². The Morgan fingerprint density at radius 2 is 1.91 bits per heavy atom. The lowest BCUT2D eigenvalue weighted by Gasteiger charge is -2.12. The van der Waals surface area contributed by atoms with Gasteiger partial charge in [0, 0.05) is 23.1 Å². The molecule has 1 atom stereocenters. The molecule has 166 valence electrons. The molecule has 0 saturated carbocycles. The van der Waals surface area contributed by atoms with Crippen LogP contribution in [0.25, 0.3) is 11.3 Å². The van der Waals surface area contributed by atoms with Crippen molar-refractivity contribution < 1.29 is 27.7 Å². The molecule has 0 aliphatic rings. The van der Waals surface area contributed by atoms with E-state index in [0.717, 1.165) is 23.5 Å². The van der Waals surface area contributed by atoms with Gasteiger partial charge < -0.3 is 4.74 Å². The third-order valence-corrected chi connectivity index (χ3v) is 5.85. The number of nitrogens with two attached hydrogens (primary N) is 1. The summed E-state index contributed by atoms with van der Waals surface area (Å²) in [5.41, 5.74) is 0.907. The number of benzene rings is 2. The molecule has 1 heterocycles. The van der Waals surface area contributed by atoms with Gasteiger partial charge in [-0.15, -0.1) is 11.3 Å². The largest absolute Gasteiger partial charge is 0.449 e. The number of esters is 1. The number of thiazole rings is 1. The Bertz CT molecular complexity index is 1290. The second-order valence-electron chi connectivity index (χ2n) is 6.45. The zero-order valence-corrected chi connectivity index (χ0v) is 18.1. The van der Waals surface area contributed by atoms with Crippen LogP contribution in [0.5, 0.6) is 0 Å². The number of hydrogen-bond donors (Lipinski definition) is 2. The van der Waals surface area contributed by atoms with Gasteiger partial charge in [-0.2, -0.15) is 0 Å². The third kappa shape index (κ3) is 5.51. The van der Waals surface area contributed by atoms with Crippen molar-refractivity contribution in [2.24, 2.45) is 5.14 Å². The van der Waals surface area contributed by atoms with Crippen LogP contribution in [-0.2, 0) is 19.6 Å². The summed E-state index contributed by atoms with van der Waals surface area (Å²) < 4.78 is 27.6. The number of anilines is 1. The van der Waals surface area contributed by atoms with Crippen LogP contribution in [-0.4, -0.2) is 36.3 Å². The maximum Gasteiger partial charge on any atom is 0.338 e. The first-order chi connectivity index (χ1) is 15.0. The molecule has 1 unspecified atom stereocenters. The summed E-state index contributed by atoms with van der Waals surface area (Å²) in [5, 5.41) is 20.3. The van der Waals surface area contributed by atoms with Crippen LogP contribution in [0.3, 0.4) is 0 Å². The summed E-state index contributed by atoms with van der Waals surface area (Å²) in [6.45, 7) is 1.36. The molecule has 0 bridgehead atoms. The Morgan fingerprint density at radius 3 is 2.53 bits per heavy atom. The van der Waals surface area contributed by atoms with Gasteiger partial charge in [-0.1, -0.05) is 12.1 Å². The summed E-state index contributed by atoms with van der Waals surface area (Å²) in [7, 11) is -3.90. The first-order valence-corrected chi connectivity index (χ1v) is 11.3. The Labute approximate surface area is 186 Å². The predicted octanol–water partition coefficient (Wildman–Crippen LogP) is 2.55. The fraction of sp³-hybridized carbons (Fsp3) is 0.105. The fourth-order valence-electron chi connectivity index (χ4n) is 2.51. The van der Waals surface area contributed by atoms with Gasteiger partial charge in [-0.25, -0.2) is 23.3 Å². The SMILES string of the molecule is CC(OC(=O)c1ccc(S(N)(=O)=O)cc1)C(=O)Nc1nc(-c2cccc([N+](=O)[O-])c2)cs1. The Kier molecular flexibility index (Phi) is 6.62. The number of nitrogens with zero attached hydrogens (tertiary/aromatic N) is 2. The quantitative estimate of drug-likeness (QED) is 0.297. The van der Waals surface area contributed by atoms with Crippen LogP contribution in [0.1, 0.15) is 17.3 Å². The van der Waals surface area contributed by atoms with Gasteiger partial charge in [0.2, 0.25) is 10.0 Å². The number of nitro benzene ring substituents is 1. The molecule has 3 N–H and O–H groups in total. The van der Waals surface area contributed by atoms with Crippen LogP contribution in [0, 0.1) is 10.1 Å². The molecule has 1 aromatic heterocycles. The van der Waals surface area contributed by atoms with Crippen molar-refractivity contribution in [2.75, 3.05) is 5.32 Å². The first-order valence-electron chi connectivity index (χ1n) is 8.89. The van der Waals surface area contributed by atoms with Crippen LogP contribution in [0.4, 0.5) is 10.8 Å². The molecule has 11 nitrogen and oxygen atoms in total. The minimum absolute atomic E-state index is 0.0410. The van der Waals surface area contributed by atoms with E-state index >= 15 is 0 Å². The van der Waals surface area contributed by atoms with Gasteiger partial charge in [0.05, 0.1) is 21.1 Å². The summed E-state index contributed by atoms with van der Waals surface area (Å²) in [4.78, 5) is 39.0. The zero-order chi connectivity index (χ0) is 23.5. The average molecular weight is 476 g/mol. The summed E-state index contributed by atoms with van der Waals surface area (Å²) in [6, 6.07) is 10.7. The summed E-state index contributed by atoms with van der Waals surface area (Å²) in [6.07, 6.45) is -1.18. The highest BCUT2D eigenvalue weighted by Crippen LogP contribution is 2.27. The molecule has 0 saturated heterocycles. The highest BCUT2D eigenvalue weighted by molar-refractivity contribution is 7.89. The van der Waals surface area contributed by atoms with E-state index in [0.29, 0.717) is 11.3 Å². The Morgan fingerprint density at radius 1 is 1.22 bits per heavy atom. The second-order valence-corrected chi connectivity index (χ2v) is 8.87. The molecule has 0 aliphatic heterocycles. The monoisotopic (exact) mass is 476 g/mol. The lowest BCUT2D eigenvalue weighted by Crippen LogP contribution is -2.30. The molecule has 32 heavy (non-hydrogen) atoms. The van der Waals surface area contributed by atoms with Gasteiger partial charge in [-0.05, 0) is 31.2 Å². The van der Waals surface area contributed by atoms with E-state index in [1.807, 2.05) is 0 Å². The molecule has 2 aromatic carbocycles. The minimum Gasteiger partial charge on any atom is -0.449 e. The number of carbonyl (C=O) groups is 2. The maximum atomic E-state index is 12.3. The van der Waals surface area contributed by atoms with Crippen molar-refractivity contribution in [3.8, 4) is 11.3 Å². The average Bonchev–Trinajstić information content (AvgIpc) is 3.21. The normalized spacial score (nSPS) is 12.1. The van der Waals surface area contributed by atoms with Gasteiger partial charge in [0.1, 0.15) is 0 Å². The number of nitrogens with one attached hydrogen (secondary N) is 1. The predicted molar refractivity (Wildman–Crippen MR) is 116 cm³/mol. The molecule has 1 amide bonds. The highest BCUT2D eigenvalue weighted by Gasteiger charge is 2.21. The third-order valence-electron chi connectivity index (χ3n) is 4.16. The molecule has 0 radical (unpaired) electrons. The molecule has 3 aromatic rings. The van der Waals surface area contributed by atoms with Gasteiger partial charge in [0.15, 0.2) is 11.2 Å². The van der Waals surface area contributed by atoms with E-state index in [4.69, 9.17) is 9.88 Å². The first kappa shape index (κ1) is 23.0. The van der Waals surface area contributed by atoms with Crippen molar-refractivity contribution in [3.05, 3.63) is 69.6 Å². The van der Waals surface area contributed by atoms with Crippen molar-refractivity contribution in [1.82, 2.24) is 4.98 Å². The number of carbonyl (C=O) groups excluding carboxylic acids is 2. The lowest BCUT2D eigenvalue weighted by molar-refractivity contribution is -0.384. The van der Waals surface area contributed by atoms with Crippen molar-refractivity contribution in [1.29, 1.82) is 0 Å². The molecular formula is C19H16N4O7S2. The van der Waals surface area contributed by atoms with Crippen molar-refractivity contribution in [2.45, 2.75) is 17.9 Å². The number of rotatable bonds is 7. The highest BCUT2D eigenvalue weighted by atomic mass is 32.2. The molecule has 0 spiro atoms. The standard InChI is InChI=1S/C19H16N4O7S2/c1-11(30-18(25)12-5-7-15(8-6-12)32(20,28)29)17(24)22-19-21-16(10-31-19)13-3-2-4-14(9-13)23(26)27/h2-11H,1H3,(H2,20,28,29)(H,21,22,24).